The molecule has 18 aromatic carbocycles. The van der Waals surface area contributed by atoms with Crippen LogP contribution in [0.1, 0.15) is 11.1 Å². The monoisotopic (exact) mass is 1740 g/mol. The first-order chi connectivity index (χ1) is 66.2. The maximum absolute atomic E-state index is 6.51. The van der Waals surface area contributed by atoms with Crippen molar-refractivity contribution in [1.82, 2.24) is 18.3 Å². The summed E-state index contributed by atoms with van der Waals surface area (Å²) in [5.74, 6) is 7.81. The van der Waals surface area contributed by atoms with Crippen molar-refractivity contribution in [3.8, 4) is 68.7 Å². The van der Waals surface area contributed by atoms with E-state index in [4.69, 9.17) is 18.9 Å². The molecule has 2 N–H and O–H groups in total. The second-order valence-electron chi connectivity index (χ2n) is 41.0. The van der Waals surface area contributed by atoms with E-state index in [1.165, 1.54) is 198 Å². The summed E-state index contributed by atoms with van der Waals surface area (Å²) in [7, 11) is 0.432. The number of fused-ring (bicyclic) bond motifs is 28. The van der Waals surface area contributed by atoms with Gasteiger partial charge in [-0.3, -0.25) is 0 Å². The van der Waals surface area contributed by atoms with Crippen molar-refractivity contribution < 1.29 is 18.9 Å². The maximum atomic E-state index is 6.51. The molecule has 22 aromatic rings. The Morgan fingerprint density at radius 1 is 0.261 bits per heavy atom. The van der Waals surface area contributed by atoms with Crippen LogP contribution in [-0.2, 0) is 0 Å². The number of rotatable bonds is 6. The second-order valence-corrected chi connectivity index (χ2v) is 52.2. The zero-order valence-electron chi connectivity index (χ0n) is 73.9. The number of hydrogen-bond donors (Lipinski definition) is 2. The van der Waals surface area contributed by atoms with Gasteiger partial charge in [-0.25, -0.2) is 0 Å². The van der Waals surface area contributed by atoms with Crippen LogP contribution in [0.15, 0.2) is 376 Å². The van der Waals surface area contributed by atoms with Crippen molar-refractivity contribution in [3.63, 3.8) is 0 Å². The van der Waals surface area contributed by atoms with Gasteiger partial charge in [-0.2, -0.15) is 0 Å². The fraction of sp³-hybridized carbons (Fsp3) is 0.0182. The average molecular weight is 1740 g/mol. The second kappa shape index (κ2) is 25.1. The molecule has 20 heterocycles. The van der Waals surface area contributed by atoms with Crippen LogP contribution in [0.5, 0.6) is 46.0 Å². The van der Waals surface area contributed by atoms with Crippen molar-refractivity contribution in [2.75, 3.05) is 10.2 Å². The van der Waals surface area contributed by atoms with Crippen LogP contribution >= 0.6 is 12.8 Å². The Morgan fingerprint density at radius 2 is 0.627 bits per heavy atom. The third-order valence-electron chi connectivity index (χ3n) is 36.2. The molecular formula is C110H74B12N6O4P2-2. The van der Waals surface area contributed by atoms with Crippen LogP contribution in [0.3, 0.4) is 0 Å². The van der Waals surface area contributed by atoms with Crippen molar-refractivity contribution in [3.05, 3.63) is 387 Å². The summed E-state index contributed by atoms with van der Waals surface area (Å²) in [5, 5.41) is 22.9. The third-order valence-corrected chi connectivity index (χ3v) is 53.0. The zero-order valence-corrected chi connectivity index (χ0v) is 75.7. The van der Waals surface area contributed by atoms with E-state index in [2.05, 4.69) is 418 Å². The predicted octanol–water partition coefficient (Wildman–Crippen LogP) is 14.6. The summed E-state index contributed by atoms with van der Waals surface area (Å²) in [5.41, 5.74) is 36.6. The van der Waals surface area contributed by atoms with Crippen molar-refractivity contribution in [2.45, 2.75) is 13.8 Å². The molecule has 0 atom stereocenters. The Morgan fingerprint density at radius 3 is 1.13 bits per heavy atom. The van der Waals surface area contributed by atoms with Crippen LogP contribution < -0.4 is 105 Å². The Hall–Kier alpha value is -14.4. The summed E-state index contributed by atoms with van der Waals surface area (Å²) < 4.78 is 35.7. The summed E-state index contributed by atoms with van der Waals surface area (Å²) in [4.78, 5) is 0. The van der Waals surface area contributed by atoms with E-state index in [1.54, 1.807) is 10.6 Å². The Balaban J connectivity index is 0.0000000817. The Labute approximate surface area is 777 Å². The fourth-order valence-corrected chi connectivity index (χ4v) is 51.3. The van der Waals surface area contributed by atoms with E-state index in [0.29, 0.717) is 0 Å². The molecule has 24 heteroatoms. The van der Waals surface area contributed by atoms with E-state index in [-0.39, 0.29) is 41.0 Å². The van der Waals surface area contributed by atoms with Gasteiger partial charge in [0.25, 0.3) is 13.4 Å². The number of nitrogens with zero attached hydrogens (tertiary/aromatic N) is 4. The van der Waals surface area contributed by atoms with Gasteiger partial charge in [0.05, 0.1) is 11.0 Å². The molecule has 134 heavy (non-hydrogen) atoms. The molecular weight excluding hydrogens is 1660 g/mol. The fourth-order valence-electron chi connectivity index (χ4n) is 30.7. The van der Waals surface area contributed by atoms with Gasteiger partial charge in [-0.05, 0) is 100 Å². The van der Waals surface area contributed by atoms with Crippen LogP contribution in [0.4, 0.5) is 11.4 Å². The van der Waals surface area contributed by atoms with Gasteiger partial charge in [0.1, 0.15) is 23.0 Å². The van der Waals surface area contributed by atoms with E-state index in [1.807, 2.05) is 0 Å². The molecule has 16 aliphatic heterocycles. The summed E-state index contributed by atoms with van der Waals surface area (Å²) in [6, 6.07) is 138. The molecule has 0 aliphatic carbocycles. The van der Waals surface area contributed by atoms with E-state index >= 15 is 0 Å². The molecule has 10 nitrogen and oxygen atoms in total. The van der Waals surface area contributed by atoms with E-state index < -0.39 is 12.8 Å². The summed E-state index contributed by atoms with van der Waals surface area (Å²) in [6.45, 7) is 5.16. The number of para-hydroxylation sites is 11. The molecule has 0 saturated carbocycles. The first kappa shape index (κ1) is 73.2. The molecule has 4 bridgehead atoms. The first-order valence-electron chi connectivity index (χ1n) is 48.4. The van der Waals surface area contributed by atoms with Gasteiger partial charge in [0.2, 0.25) is 0 Å². The number of aromatic nitrogens is 4. The van der Waals surface area contributed by atoms with Crippen molar-refractivity contribution >= 4 is 266 Å². The number of anilines is 2. The minimum atomic E-state index is -2.10. The van der Waals surface area contributed by atoms with Gasteiger partial charge < -0.3 is 18.6 Å². The number of hydrogen-bond acceptors (Lipinski definition) is 6. The normalized spacial score (nSPS) is 17.1. The van der Waals surface area contributed by atoms with Crippen LogP contribution in [-0.4, -0.2) is 96.5 Å². The van der Waals surface area contributed by atoms with E-state index in [9.17, 15) is 0 Å². The summed E-state index contributed by atoms with van der Waals surface area (Å²) in [6.07, 6.45) is 1.88. The van der Waals surface area contributed by atoms with Gasteiger partial charge in [-0.15, -0.1) is 0 Å². The summed E-state index contributed by atoms with van der Waals surface area (Å²) >= 11 is 0. The van der Waals surface area contributed by atoms with Crippen molar-refractivity contribution in [1.29, 1.82) is 0 Å². The van der Waals surface area contributed by atoms with Crippen LogP contribution in [0.25, 0.3) is 110 Å². The molecule has 0 amide bonds. The van der Waals surface area contributed by atoms with Crippen molar-refractivity contribution in [2.24, 2.45) is 0 Å². The van der Waals surface area contributed by atoms with Gasteiger partial charge in [0, 0.05) is 44.0 Å². The molecule has 0 spiro atoms. The minimum absolute atomic E-state index is 0.186. The third kappa shape index (κ3) is 8.58. The quantitative estimate of drug-likeness (QED) is 0.128. The molecule has 8 fully saturated rings. The first-order valence-corrected chi connectivity index (χ1v) is 53.3. The SMILES string of the molecule is Cc1ccc2c3c1-n1c4ccccc4c4cccc(c41)B3c1ccccc1O2.Cc1ccc2c3cccc4c3n(c2c1)-c1cccc2c1B4c1ccccc1O2.[BH2-]1B2B3B1P23(Nc1ccccc1)c1ccc2c(c1)c1cccc3c1n2-c1cccc2c1B3c1ccccc1O2.[BH2-]1B2B3B1P23(Nc1ccccc1)c1cccc2c1c1cccc3c1n2-c1cccc2c1B3c1ccccc1O2. The standard InChI is InChI=1S/2C30H21B5N2OP.2C25H16BNO/c1-2-9-19(10-3-1)36-39(33-31-34(39)35(33)39)27-18-8-14-23-28(27)20-11-6-13-22-30(20)37(23)24-15-7-17-26-29(24)32(22)21-12-4-5-16-25(21)38-26;1-2-8-19(9-3-1)36-39(33-31-34(39)35(33)39)20-16-17-25-22(18-20)21-10-6-12-24-30(21)37(25)26-13-7-15-28-29(26)32(24)23-11-4-5-14-27(23)38-28;1-15-13-14-22-23-24(15)27-20-11-4-2-7-16(20)17-8-6-10-19(25(17)27)26(23)18-9-3-5-12-21(18)28-22;1-15-12-13-16-17-6-4-8-19-25(17)27(21(16)14-15)20-9-5-11-23-24(20)26(19)18-7-2-3-10-22(18)28-23/h2*1-18,36H,31H2;2*2-14H,1H3/q2*-1;;. The predicted molar refractivity (Wildman–Crippen MR) is 582 cm³/mol. The van der Waals surface area contributed by atoms with Gasteiger partial charge in [0.15, 0.2) is 0 Å². The zero-order chi connectivity index (χ0) is 87.0. The molecule has 0 unspecified atom stereocenters. The molecule has 16 aliphatic rings. The molecule has 8 saturated heterocycles. The topological polar surface area (TPSA) is 80.7 Å². The molecule has 616 valence electrons. The molecule has 38 rings (SSSR count). The van der Waals surface area contributed by atoms with Gasteiger partial charge in [-0.1, -0.05) is 115 Å². The molecule has 4 aromatic heterocycles. The van der Waals surface area contributed by atoms with Crippen LogP contribution in [0, 0.1) is 13.8 Å². The number of benzene rings is 18. The van der Waals surface area contributed by atoms with E-state index in [0.717, 1.165) is 83.3 Å². The van der Waals surface area contributed by atoms with Gasteiger partial charge >= 0.3 is 458 Å². The average Bonchev–Trinajstić information content (AvgIpc) is 1.36. The van der Waals surface area contributed by atoms with Crippen LogP contribution in [0.2, 0.25) is 0 Å². The Bertz CT molecular complexity index is 9250. The number of aryl methyl sites for hydroxylation is 2. The number of ether oxygens (including phenoxy) is 4. The Kier molecular flexibility index (Phi) is 13.7. The number of nitrogens with one attached hydrogen (secondary N) is 2. The molecule has 0 radical (unpaired) electrons.